The van der Waals surface area contributed by atoms with Gasteiger partial charge in [0.1, 0.15) is 6.10 Å². The molecule has 0 saturated carbocycles. The van der Waals surface area contributed by atoms with Crippen LogP contribution in [0, 0.1) is 0 Å². The van der Waals surface area contributed by atoms with Crippen LogP contribution in [0.5, 0.6) is 0 Å². The van der Waals surface area contributed by atoms with Crippen LogP contribution in [0.1, 0.15) is 43.6 Å². The molecule has 0 aliphatic carbocycles. The third-order valence-corrected chi connectivity index (χ3v) is 4.78. The van der Waals surface area contributed by atoms with Gasteiger partial charge in [-0.1, -0.05) is 45.0 Å². The van der Waals surface area contributed by atoms with Gasteiger partial charge in [0.25, 0.3) is 0 Å². The number of aliphatic hydroxyl groups is 1. The van der Waals surface area contributed by atoms with E-state index in [1.54, 1.807) is 11.3 Å². The van der Waals surface area contributed by atoms with Gasteiger partial charge in [-0.15, -0.1) is 0 Å². The van der Waals surface area contributed by atoms with Crippen molar-refractivity contribution < 1.29 is 5.11 Å². The smallest absolute Gasteiger partial charge is 0.106 e. The molecular weight excluding hydrogens is 308 g/mol. The fraction of sp³-hybridized carbons (Fsp3) is 0.333. The van der Waals surface area contributed by atoms with Crippen LogP contribution in [-0.4, -0.2) is 5.11 Å². The van der Waals surface area contributed by atoms with E-state index in [2.05, 4.69) is 48.8 Å². The molecule has 1 aromatic heterocycles. The molecule has 0 saturated heterocycles. The highest BCUT2D eigenvalue weighted by Crippen LogP contribution is 2.32. The normalized spacial score (nSPS) is 13.6. The molecule has 0 aliphatic rings. The molecule has 1 atom stereocenters. The molecule has 2 aromatic rings. The zero-order chi connectivity index (χ0) is 13.3. The Morgan fingerprint density at radius 1 is 1.11 bits per heavy atom. The zero-order valence-corrected chi connectivity index (χ0v) is 13.2. The molecule has 0 aliphatic heterocycles. The van der Waals surface area contributed by atoms with Gasteiger partial charge in [0, 0.05) is 15.4 Å². The van der Waals surface area contributed by atoms with Crippen LogP contribution in [0.2, 0.25) is 0 Å². The highest BCUT2D eigenvalue weighted by molar-refractivity contribution is 9.10. The van der Waals surface area contributed by atoms with E-state index in [4.69, 9.17) is 0 Å². The van der Waals surface area contributed by atoms with Crippen molar-refractivity contribution in [3.05, 3.63) is 56.2 Å². The van der Waals surface area contributed by atoms with Crippen LogP contribution >= 0.6 is 27.3 Å². The van der Waals surface area contributed by atoms with Crippen molar-refractivity contribution in [1.29, 1.82) is 0 Å². The monoisotopic (exact) mass is 324 g/mol. The van der Waals surface area contributed by atoms with Crippen molar-refractivity contribution in [3.8, 4) is 0 Å². The second-order valence-corrected chi connectivity index (χ2v) is 7.05. The largest absolute Gasteiger partial charge is 0.384 e. The van der Waals surface area contributed by atoms with Crippen molar-refractivity contribution in [2.24, 2.45) is 0 Å². The molecule has 1 unspecified atom stereocenters. The maximum Gasteiger partial charge on any atom is 0.106 e. The summed E-state index contributed by atoms with van der Waals surface area (Å²) in [6, 6.07) is 8.21. The van der Waals surface area contributed by atoms with E-state index in [-0.39, 0.29) is 5.41 Å². The zero-order valence-electron chi connectivity index (χ0n) is 10.8. The van der Waals surface area contributed by atoms with Gasteiger partial charge in [0.2, 0.25) is 0 Å². The molecule has 1 heterocycles. The number of aliphatic hydroxyl groups excluding tert-OH is 1. The first-order chi connectivity index (χ1) is 8.39. The van der Waals surface area contributed by atoms with Crippen LogP contribution in [0.25, 0.3) is 0 Å². The first-order valence-electron chi connectivity index (χ1n) is 5.89. The van der Waals surface area contributed by atoms with E-state index >= 15 is 0 Å². The number of thiophene rings is 1. The van der Waals surface area contributed by atoms with E-state index in [1.807, 2.05) is 22.9 Å². The van der Waals surface area contributed by atoms with Crippen LogP contribution in [0.4, 0.5) is 0 Å². The number of rotatable bonds is 2. The Labute approximate surface area is 121 Å². The van der Waals surface area contributed by atoms with Crippen molar-refractivity contribution in [2.75, 3.05) is 0 Å². The molecule has 0 radical (unpaired) electrons. The lowest BCUT2D eigenvalue weighted by atomic mass is 9.86. The van der Waals surface area contributed by atoms with Crippen molar-refractivity contribution >= 4 is 27.3 Å². The van der Waals surface area contributed by atoms with Gasteiger partial charge >= 0.3 is 0 Å². The summed E-state index contributed by atoms with van der Waals surface area (Å²) in [5.41, 5.74) is 3.29. The SMILES string of the molecule is CC(C)(C)c1ccc(C(O)c2cscc2Br)cc1. The summed E-state index contributed by atoms with van der Waals surface area (Å²) in [6.07, 6.45) is -0.556. The third kappa shape index (κ3) is 2.85. The third-order valence-electron chi connectivity index (χ3n) is 3.03. The Morgan fingerprint density at radius 3 is 2.17 bits per heavy atom. The summed E-state index contributed by atoms with van der Waals surface area (Å²) in [4.78, 5) is 0. The van der Waals surface area contributed by atoms with Gasteiger partial charge in [0.15, 0.2) is 0 Å². The van der Waals surface area contributed by atoms with Gasteiger partial charge in [-0.05, 0) is 37.9 Å². The quantitative estimate of drug-likeness (QED) is 0.833. The number of hydrogen-bond donors (Lipinski definition) is 1. The summed E-state index contributed by atoms with van der Waals surface area (Å²) < 4.78 is 0.972. The Kier molecular flexibility index (Phi) is 3.95. The number of hydrogen-bond acceptors (Lipinski definition) is 2. The molecule has 18 heavy (non-hydrogen) atoms. The molecular formula is C15H17BrOS. The second kappa shape index (κ2) is 5.16. The van der Waals surface area contributed by atoms with E-state index in [0.717, 1.165) is 15.6 Å². The Morgan fingerprint density at radius 2 is 1.72 bits per heavy atom. The lowest BCUT2D eigenvalue weighted by Crippen LogP contribution is -2.11. The minimum absolute atomic E-state index is 0.145. The molecule has 1 nitrogen and oxygen atoms in total. The average molecular weight is 325 g/mol. The van der Waals surface area contributed by atoms with Crippen molar-refractivity contribution in [1.82, 2.24) is 0 Å². The number of halogens is 1. The lowest BCUT2D eigenvalue weighted by Gasteiger charge is -2.20. The average Bonchev–Trinajstić information content (AvgIpc) is 2.73. The predicted octanol–water partition coefficient (Wildman–Crippen LogP) is 4.89. The first kappa shape index (κ1) is 13.8. The summed E-state index contributed by atoms with van der Waals surface area (Å²) in [7, 11) is 0. The first-order valence-corrected chi connectivity index (χ1v) is 7.63. The summed E-state index contributed by atoms with van der Waals surface area (Å²) >= 11 is 5.05. The molecule has 0 bridgehead atoms. The van der Waals surface area contributed by atoms with E-state index in [9.17, 15) is 5.11 Å². The van der Waals surface area contributed by atoms with Crippen molar-refractivity contribution in [3.63, 3.8) is 0 Å². The molecule has 0 amide bonds. The van der Waals surface area contributed by atoms with Crippen LogP contribution in [-0.2, 0) is 5.41 Å². The molecule has 1 aromatic carbocycles. The van der Waals surface area contributed by atoms with Gasteiger partial charge in [0.05, 0.1) is 0 Å². The predicted molar refractivity (Wildman–Crippen MR) is 81.2 cm³/mol. The minimum atomic E-state index is -0.556. The van der Waals surface area contributed by atoms with Gasteiger partial charge in [-0.3, -0.25) is 0 Å². The van der Waals surface area contributed by atoms with Gasteiger partial charge in [-0.2, -0.15) is 11.3 Å². The number of benzene rings is 1. The Hall–Kier alpha value is -0.640. The standard InChI is InChI=1S/C15H17BrOS/c1-15(2,3)11-6-4-10(5-7-11)14(17)12-8-18-9-13(12)16/h4-9,14,17H,1-3H3. The fourth-order valence-corrected chi connectivity index (χ4v) is 3.36. The molecule has 1 N–H and O–H groups in total. The van der Waals surface area contributed by atoms with E-state index in [0.29, 0.717) is 0 Å². The highest BCUT2D eigenvalue weighted by Gasteiger charge is 2.17. The second-order valence-electron chi connectivity index (χ2n) is 5.45. The lowest BCUT2D eigenvalue weighted by molar-refractivity contribution is 0.220. The molecule has 0 fully saturated rings. The van der Waals surface area contributed by atoms with Crippen LogP contribution < -0.4 is 0 Å². The van der Waals surface area contributed by atoms with Crippen LogP contribution in [0.3, 0.4) is 0 Å². The molecule has 3 heteroatoms. The highest BCUT2D eigenvalue weighted by atomic mass is 79.9. The van der Waals surface area contributed by atoms with Gasteiger partial charge < -0.3 is 5.11 Å². The van der Waals surface area contributed by atoms with Crippen LogP contribution in [0.15, 0.2) is 39.5 Å². The molecule has 2 rings (SSSR count). The van der Waals surface area contributed by atoms with Gasteiger partial charge in [-0.25, -0.2) is 0 Å². The van der Waals surface area contributed by atoms with E-state index in [1.165, 1.54) is 5.56 Å². The maximum atomic E-state index is 10.3. The fourth-order valence-electron chi connectivity index (χ4n) is 1.83. The topological polar surface area (TPSA) is 20.2 Å². The summed E-state index contributed by atoms with van der Waals surface area (Å²) in [5, 5.41) is 14.3. The maximum absolute atomic E-state index is 10.3. The summed E-state index contributed by atoms with van der Waals surface area (Å²) in [6.45, 7) is 6.57. The van der Waals surface area contributed by atoms with E-state index < -0.39 is 6.10 Å². The summed E-state index contributed by atoms with van der Waals surface area (Å²) in [5.74, 6) is 0. The van der Waals surface area contributed by atoms with Crippen molar-refractivity contribution in [2.45, 2.75) is 32.3 Å². The molecule has 96 valence electrons. The Bertz CT molecular complexity index is 522. The Balaban J connectivity index is 2.28. The molecule has 0 spiro atoms. The minimum Gasteiger partial charge on any atom is -0.384 e.